The highest BCUT2D eigenvalue weighted by Crippen LogP contribution is 2.34. The molecule has 0 bridgehead atoms. The van der Waals surface area contributed by atoms with Crippen LogP contribution < -0.4 is 20.9 Å². The summed E-state index contributed by atoms with van der Waals surface area (Å²) >= 11 is 23.9. The van der Waals surface area contributed by atoms with Gasteiger partial charge in [-0.25, -0.2) is 4.98 Å². The molecule has 1 heterocycles. The third-order valence-electron chi connectivity index (χ3n) is 5.98. The van der Waals surface area contributed by atoms with Crippen LogP contribution in [0.1, 0.15) is 25.7 Å². The maximum absolute atomic E-state index is 6.23. The highest BCUT2D eigenvalue weighted by Gasteiger charge is 2.22. The van der Waals surface area contributed by atoms with E-state index in [1.807, 2.05) is 37.2 Å². The smallest absolute Gasteiger partial charge is 0.225 e. The zero-order valence-electron chi connectivity index (χ0n) is 19.0. The van der Waals surface area contributed by atoms with Crippen molar-refractivity contribution in [2.24, 2.45) is 5.92 Å². The van der Waals surface area contributed by atoms with Gasteiger partial charge in [-0.2, -0.15) is 4.98 Å². The van der Waals surface area contributed by atoms with E-state index in [-0.39, 0.29) is 0 Å². The molecule has 0 atom stereocenters. The van der Waals surface area contributed by atoms with Crippen molar-refractivity contribution in [2.75, 3.05) is 36.2 Å². The first-order valence-electron chi connectivity index (χ1n) is 11.2. The van der Waals surface area contributed by atoms with Crippen molar-refractivity contribution in [1.29, 1.82) is 0 Å². The Bertz CT molecular complexity index is 1160. The summed E-state index contributed by atoms with van der Waals surface area (Å²) in [6, 6.07) is 11.7. The van der Waals surface area contributed by atoms with Gasteiger partial charge in [0.05, 0.1) is 21.2 Å². The summed E-state index contributed by atoms with van der Waals surface area (Å²) in [7, 11) is 4.01. The molecule has 4 rings (SSSR count). The van der Waals surface area contributed by atoms with Gasteiger partial charge in [-0.1, -0.05) is 46.9 Å². The fourth-order valence-electron chi connectivity index (χ4n) is 4.22. The van der Waals surface area contributed by atoms with Gasteiger partial charge in [0.2, 0.25) is 5.95 Å². The molecule has 180 valence electrons. The third-order valence-corrected chi connectivity index (χ3v) is 7.04. The molecule has 34 heavy (non-hydrogen) atoms. The molecule has 0 amide bonds. The van der Waals surface area contributed by atoms with Crippen LogP contribution in [0.3, 0.4) is 0 Å². The first kappa shape index (κ1) is 25.0. The number of hydrogen-bond donors (Lipinski definition) is 3. The van der Waals surface area contributed by atoms with Crippen molar-refractivity contribution < 1.29 is 0 Å². The summed E-state index contributed by atoms with van der Waals surface area (Å²) in [5.74, 6) is 2.14. The number of halogens is 3. The Morgan fingerprint density at radius 1 is 1.03 bits per heavy atom. The summed E-state index contributed by atoms with van der Waals surface area (Å²) in [6.07, 6.45) is 4.28. The number of anilines is 3. The number of fused-ring (bicyclic) bond motifs is 1. The van der Waals surface area contributed by atoms with Crippen LogP contribution in [-0.4, -0.2) is 41.8 Å². The zero-order chi connectivity index (χ0) is 24.2. The predicted octanol–water partition coefficient (Wildman–Crippen LogP) is 6.61. The highest BCUT2D eigenvalue weighted by molar-refractivity contribution is 7.80. The molecule has 0 unspecified atom stereocenters. The third kappa shape index (κ3) is 6.13. The lowest BCUT2D eigenvalue weighted by Gasteiger charge is -2.30. The lowest BCUT2D eigenvalue weighted by Crippen LogP contribution is -2.36. The van der Waals surface area contributed by atoms with Crippen LogP contribution in [-0.2, 0) is 0 Å². The van der Waals surface area contributed by atoms with Gasteiger partial charge in [-0.3, -0.25) is 0 Å². The minimum Gasteiger partial charge on any atom is -0.362 e. The van der Waals surface area contributed by atoms with E-state index >= 15 is 0 Å². The number of rotatable bonds is 6. The van der Waals surface area contributed by atoms with Gasteiger partial charge in [0, 0.05) is 37.1 Å². The number of nitrogens with zero attached hydrogens (tertiary/aromatic N) is 3. The quantitative estimate of drug-likeness (QED) is 0.306. The molecule has 1 fully saturated rings. The summed E-state index contributed by atoms with van der Waals surface area (Å²) in [4.78, 5) is 11.5. The summed E-state index contributed by atoms with van der Waals surface area (Å²) in [5.41, 5.74) is 1.51. The molecule has 1 saturated carbocycles. The van der Waals surface area contributed by atoms with Gasteiger partial charge in [-0.15, -0.1) is 0 Å². The van der Waals surface area contributed by atoms with Crippen LogP contribution in [0.2, 0.25) is 15.1 Å². The molecular weight excluding hydrogens is 511 g/mol. The van der Waals surface area contributed by atoms with Crippen LogP contribution >= 0.6 is 47.0 Å². The first-order valence-corrected chi connectivity index (χ1v) is 12.7. The Balaban J connectivity index is 1.28. The van der Waals surface area contributed by atoms with E-state index in [9.17, 15) is 0 Å². The molecule has 3 N–H and O–H groups in total. The van der Waals surface area contributed by atoms with Crippen molar-refractivity contribution in [3.63, 3.8) is 0 Å². The van der Waals surface area contributed by atoms with Crippen molar-refractivity contribution >= 4 is 80.5 Å². The zero-order valence-corrected chi connectivity index (χ0v) is 22.1. The Kier molecular flexibility index (Phi) is 8.19. The van der Waals surface area contributed by atoms with E-state index in [1.54, 1.807) is 12.1 Å². The van der Waals surface area contributed by atoms with Crippen molar-refractivity contribution in [3.8, 4) is 0 Å². The minimum absolute atomic E-state index is 0.351. The van der Waals surface area contributed by atoms with E-state index in [0.717, 1.165) is 48.9 Å². The van der Waals surface area contributed by atoms with Crippen molar-refractivity contribution in [3.05, 3.63) is 51.5 Å². The van der Waals surface area contributed by atoms with Crippen LogP contribution in [0.25, 0.3) is 10.9 Å². The van der Waals surface area contributed by atoms with Gasteiger partial charge in [0.25, 0.3) is 0 Å². The highest BCUT2D eigenvalue weighted by atomic mass is 35.5. The largest absolute Gasteiger partial charge is 0.362 e. The van der Waals surface area contributed by atoms with E-state index in [4.69, 9.17) is 57.0 Å². The lowest BCUT2D eigenvalue weighted by molar-refractivity contribution is 0.336. The van der Waals surface area contributed by atoms with E-state index < -0.39 is 0 Å². The maximum atomic E-state index is 6.23. The van der Waals surface area contributed by atoms with Crippen LogP contribution in [0.15, 0.2) is 36.4 Å². The second-order valence-corrected chi connectivity index (χ2v) is 10.4. The van der Waals surface area contributed by atoms with Crippen molar-refractivity contribution in [1.82, 2.24) is 15.3 Å². The van der Waals surface area contributed by atoms with Gasteiger partial charge in [0.15, 0.2) is 5.11 Å². The average Bonchev–Trinajstić information content (AvgIpc) is 2.80. The molecule has 10 heteroatoms. The molecule has 2 aromatic carbocycles. The standard InChI is InChI=1S/C24H27Cl3N6S/c1-33(2)22-17-5-3-4-6-20(17)30-23(32-22)29-16-9-7-14(8-10-16)13-28-24(34)31-21-18(26)11-15(25)12-19(21)27/h3-6,11-12,14,16H,7-10,13H2,1-2H3,(H2,28,31,34)(H,29,30,32)/t14-,16+. The number of hydrogen-bond acceptors (Lipinski definition) is 5. The predicted molar refractivity (Wildman–Crippen MR) is 149 cm³/mol. The molecule has 0 saturated heterocycles. The minimum atomic E-state index is 0.351. The Morgan fingerprint density at radius 3 is 2.38 bits per heavy atom. The normalized spacial score (nSPS) is 17.9. The number of benzene rings is 2. The summed E-state index contributed by atoms with van der Waals surface area (Å²) < 4.78 is 0. The fraction of sp³-hybridized carbons (Fsp3) is 0.375. The fourth-order valence-corrected chi connectivity index (χ4v) is 5.31. The molecule has 6 nitrogen and oxygen atoms in total. The molecule has 0 aliphatic heterocycles. The average molecular weight is 538 g/mol. The molecule has 1 aliphatic carbocycles. The molecule has 1 aliphatic rings. The van der Waals surface area contributed by atoms with Gasteiger partial charge >= 0.3 is 0 Å². The van der Waals surface area contributed by atoms with E-state index in [1.165, 1.54) is 0 Å². The Labute approximate surface area is 220 Å². The number of nitrogens with one attached hydrogen (secondary N) is 3. The molecule has 3 aromatic rings. The van der Waals surface area contributed by atoms with Gasteiger partial charge in [0.1, 0.15) is 5.82 Å². The van der Waals surface area contributed by atoms with Gasteiger partial charge in [-0.05, 0) is 68.1 Å². The maximum Gasteiger partial charge on any atom is 0.225 e. The number of aromatic nitrogens is 2. The molecule has 1 aromatic heterocycles. The van der Waals surface area contributed by atoms with Crippen LogP contribution in [0.5, 0.6) is 0 Å². The van der Waals surface area contributed by atoms with Crippen molar-refractivity contribution in [2.45, 2.75) is 31.7 Å². The number of thiocarbonyl (C=S) groups is 1. The second-order valence-electron chi connectivity index (χ2n) is 8.72. The molecular formula is C24H27Cl3N6S. The van der Waals surface area contributed by atoms with Crippen LogP contribution in [0, 0.1) is 5.92 Å². The monoisotopic (exact) mass is 536 g/mol. The molecule has 0 spiro atoms. The summed E-state index contributed by atoms with van der Waals surface area (Å²) in [5, 5.41) is 12.8. The Morgan fingerprint density at radius 2 is 1.71 bits per heavy atom. The Hall–Kier alpha value is -2.06. The van der Waals surface area contributed by atoms with E-state index in [2.05, 4.69) is 22.0 Å². The van der Waals surface area contributed by atoms with E-state index in [0.29, 0.717) is 43.8 Å². The molecule has 0 radical (unpaired) electrons. The topological polar surface area (TPSA) is 65.1 Å². The number of para-hydroxylation sites is 1. The first-order chi connectivity index (χ1) is 16.3. The summed E-state index contributed by atoms with van der Waals surface area (Å²) in [6.45, 7) is 0.790. The second kappa shape index (κ2) is 11.1. The van der Waals surface area contributed by atoms with Gasteiger partial charge < -0.3 is 20.9 Å². The van der Waals surface area contributed by atoms with Crippen LogP contribution in [0.4, 0.5) is 17.5 Å². The SMILES string of the molecule is CN(C)c1nc(N[C@H]2CC[C@@H](CNC(=S)Nc3c(Cl)cc(Cl)cc3Cl)CC2)nc2ccccc12. The lowest BCUT2D eigenvalue weighted by atomic mass is 9.86.